The highest BCUT2D eigenvalue weighted by Gasteiger charge is 2.32. The third-order valence-electron chi connectivity index (χ3n) is 4.27. The molecule has 4 rings (SSSR count). The van der Waals surface area contributed by atoms with E-state index in [4.69, 9.17) is 9.15 Å². The lowest BCUT2D eigenvalue weighted by molar-refractivity contribution is -0.133. The lowest BCUT2D eigenvalue weighted by Crippen LogP contribution is -1.98. The van der Waals surface area contributed by atoms with Crippen LogP contribution >= 0.6 is 11.3 Å². The monoisotopic (exact) mass is 351 g/mol. The summed E-state index contributed by atoms with van der Waals surface area (Å²) in [6, 6.07) is 11.8. The van der Waals surface area contributed by atoms with Crippen molar-refractivity contribution in [1.82, 2.24) is 4.98 Å². The van der Waals surface area contributed by atoms with Crippen LogP contribution in [0.2, 0.25) is 0 Å². The fraction of sp³-hybridized carbons (Fsp3) is 0.200. The van der Waals surface area contributed by atoms with Gasteiger partial charge in [-0.2, -0.15) is 0 Å². The summed E-state index contributed by atoms with van der Waals surface area (Å²) < 4.78 is 11.2. The van der Waals surface area contributed by atoms with Crippen molar-refractivity contribution in [3.63, 3.8) is 0 Å². The van der Waals surface area contributed by atoms with Gasteiger partial charge in [-0.1, -0.05) is 18.2 Å². The summed E-state index contributed by atoms with van der Waals surface area (Å²) in [6.45, 7) is 6.16. The van der Waals surface area contributed by atoms with Gasteiger partial charge in [0.1, 0.15) is 18.1 Å². The Morgan fingerprint density at radius 1 is 1.12 bits per heavy atom. The van der Waals surface area contributed by atoms with Gasteiger partial charge in [-0.15, -0.1) is 11.3 Å². The van der Waals surface area contributed by atoms with E-state index < -0.39 is 0 Å². The van der Waals surface area contributed by atoms with Crippen molar-refractivity contribution in [3.8, 4) is 11.5 Å². The number of carbonyl (C=O) groups excluding carboxylic acids is 1. The molecule has 0 N–H and O–H groups in total. The predicted molar refractivity (Wildman–Crippen MR) is 98.2 cm³/mol. The van der Waals surface area contributed by atoms with Crippen molar-refractivity contribution >= 4 is 28.5 Å². The van der Waals surface area contributed by atoms with E-state index >= 15 is 0 Å². The molecule has 1 aliphatic heterocycles. The Morgan fingerprint density at radius 3 is 2.56 bits per heavy atom. The highest BCUT2D eigenvalue weighted by Crippen LogP contribution is 2.38. The van der Waals surface area contributed by atoms with Crippen LogP contribution in [0.15, 0.2) is 40.8 Å². The summed E-state index contributed by atoms with van der Waals surface area (Å²) in [6.07, 6.45) is 0. The number of esters is 1. The molecule has 0 atom stereocenters. The standard InChI is InChI=1S/C20H17NO3S/c1-11-9-15(13(3)25-11)17-16(10-23-20(17)22)18-12(2)24-19(21-18)14-7-5-4-6-8-14/h4-9H,10H2,1-3H3. The molecular weight excluding hydrogens is 334 g/mol. The van der Waals surface area contributed by atoms with Crippen LogP contribution < -0.4 is 0 Å². The zero-order valence-electron chi connectivity index (χ0n) is 14.3. The number of nitrogens with zero attached hydrogens (tertiary/aromatic N) is 1. The number of oxazole rings is 1. The molecule has 0 unspecified atom stereocenters. The van der Waals surface area contributed by atoms with E-state index in [-0.39, 0.29) is 12.6 Å². The van der Waals surface area contributed by atoms with Crippen LogP contribution in [0.25, 0.3) is 22.6 Å². The minimum absolute atomic E-state index is 0.226. The molecule has 0 radical (unpaired) electrons. The zero-order chi connectivity index (χ0) is 17.6. The average molecular weight is 351 g/mol. The first kappa shape index (κ1) is 15.8. The van der Waals surface area contributed by atoms with Gasteiger partial charge in [0.15, 0.2) is 0 Å². The maximum Gasteiger partial charge on any atom is 0.339 e. The van der Waals surface area contributed by atoms with Gasteiger partial charge in [0.05, 0.1) is 5.57 Å². The Labute approximate surface area is 149 Å². The SMILES string of the molecule is Cc1cc(C2=C(c3nc(-c4ccccc4)oc3C)COC2=O)c(C)s1. The van der Waals surface area contributed by atoms with Crippen LogP contribution in [0, 0.1) is 20.8 Å². The number of hydrogen-bond acceptors (Lipinski definition) is 5. The van der Waals surface area contributed by atoms with E-state index in [1.165, 1.54) is 4.88 Å². The van der Waals surface area contributed by atoms with Gasteiger partial charge >= 0.3 is 5.97 Å². The third kappa shape index (κ3) is 2.70. The molecule has 0 bridgehead atoms. The zero-order valence-corrected chi connectivity index (χ0v) is 15.1. The van der Waals surface area contributed by atoms with Crippen molar-refractivity contribution in [2.24, 2.45) is 0 Å². The van der Waals surface area contributed by atoms with Crippen LogP contribution in [0.3, 0.4) is 0 Å². The highest BCUT2D eigenvalue weighted by molar-refractivity contribution is 7.12. The Balaban J connectivity index is 1.87. The lowest BCUT2D eigenvalue weighted by Gasteiger charge is -2.01. The van der Waals surface area contributed by atoms with Crippen LogP contribution in [-0.2, 0) is 9.53 Å². The number of aromatic nitrogens is 1. The number of thiophene rings is 1. The highest BCUT2D eigenvalue weighted by atomic mass is 32.1. The number of hydrogen-bond donors (Lipinski definition) is 0. The van der Waals surface area contributed by atoms with Crippen molar-refractivity contribution < 1.29 is 13.9 Å². The molecule has 0 aliphatic carbocycles. The second kappa shape index (κ2) is 6.01. The molecule has 0 saturated carbocycles. The van der Waals surface area contributed by atoms with Crippen LogP contribution in [0.1, 0.15) is 26.8 Å². The first-order valence-electron chi connectivity index (χ1n) is 8.05. The molecule has 0 saturated heterocycles. The second-order valence-corrected chi connectivity index (χ2v) is 7.51. The lowest BCUT2D eigenvalue weighted by atomic mass is 10.00. The van der Waals surface area contributed by atoms with E-state index in [0.29, 0.717) is 22.9 Å². The van der Waals surface area contributed by atoms with Gasteiger partial charge in [-0.3, -0.25) is 0 Å². The van der Waals surface area contributed by atoms with Gasteiger partial charge in [0.2, 0.25) is 5.89 Å². The summed E-state index contributed by atoms with van der Waals surface area (Å²) in [7, 11) is 0. The summed E-state index contributed by atoms with van der Waals surface area (Å²) >= 11 is 1.68. The summed E-state index contributed by atoms with van der Waals surface area (Å²) in [5.41, 5.74) is 3.95. The third-order valence-corrected chi connectivity index (χ3v) is 5.23. The van der Waals surface area contributed by atoms with Crippen molar-refractivity contribution in [2.75, 3.05) is 6.61 Å². The maximum absolute atomic E-state index is 12.4. The largest absolute Gasteiger partial charge is 0.457 e. The number of benzene rings is 1. The van der Waals surface area contributed by atoms with Gasteiger partial charge in [-0.25, -0.2) is 9.78 Å². The minimum Gasteiger partial charge on any atom is -0.457 e. The van der Waals surface area contributed by atoms with E-state index in [0.717, 1.165) is 21.6 Å². The van der Waals surface area contributed by atoms with E-state index in [2.05, 4.69) is 4.98 Å². The molecule has 1 aromatic carbocycles. The molecule has 5 heteroatoms. The van der Waals surface area contributed by atoms with E-state index in [1.54, 1.807) is 11.3 Å². The van der Waals surface area contributed by atoms with Crippen LogP contribution in [-0.4, -0.2) is 17.6 Å². The first-order valence-corrected chi connectivity index (χ1v) is 8.87. The van der Waals surface area contributed by atoms with Gasteiger partial charge in [0.25, 0.3) is 0 Å². The van der Waals surface area contributed by atoms with Crippen molar-refractivity contribution in [3.05, 3.63) is 63.2 Å². The summed E-state index contributed by atoms with van der Waals surface area (Å²) in [5, 5.41) is 0. The Morgan fingerprint density at radius 2 is 1.88 bits per heavy atom. The van der Waals surface area contributed by atoms with E-state index in [1.807, 2.05) is 57.2 Å². The summed E-state index contributed by atoms with van der Waals surface area (Å²) in [4.78, 5) is 19.3. The Bertz CT molecular complexity index is 995. The Hall–Kier alpha value is -2.66. The number of cyclic esters (lactones) is 1. The molecule has 3 heterocycles. The molecule has 2 aromatic heterocycles. The quantitative estimate of drug-likeness (QED) is 0.636. The van der Waals surface area contributed by atoms with Gasteiger partial charge in [-0.05, 0) is 39.0 Å². The van der Waals surface area contributed by atoms with Crippen molar-refractivity contribution in [1.29, 1.82) is 0 Å². The Kier molecular flexibility index (Phi) is 3.81. The molecular formula is C20H17NO3S. The molecule has 0 fully saturated rings. The smallest absolute Gasteiger partial charge is 0.339 e. The molecule has 3 aromatic rings. The average Bonchev–Trinajstić information content (AvgIpc) is 3.25. The molecule has 4 nitrogen and oxygen atoms in total. The number of rotatable bonds is 3. The topological polar surface area (TPSA) is 52.3 Å². The molecule has 0 spiro atoms. The van der Waals surface area contributed by atoms with Crippen LogP contribution in [0.5, 0.6) is 0 Å². The fourth-order valence-corrected chi connectivity index (χ4v) is 4.05. The number of carbonyl (C=O) groups is 1. The van der Waals surface area contributed by atoms with Gasteiger partial charge in [0, 0.05) is 26.5 Å². The maximum atomic E-state index is 12.4. The van der Waals surface area contributed by atoms with E-state index in [9.17, 15) is 4.79 Å². The fourth-order valence-electron chi connectivity index (χ4n) is 3.12. The summed E-state index contributed by atoms with van der Waals surface area (Å²) in [5.74, 6) is 0.950. The predicted octanol–water partition coefficient (Wildman–Crippen LogP) is 4.80. The molecule has 1 aliphatic rings. The van der Waals surface area contributed by atoms with Crippen LogP contribution in [0.4, 0.5) is 0 Å². The number of aryl methyl sites for hydroxylation is 3. The van der Waals surface area contributed by atoms with Crippen molar-refractivity contribution in [2.45, 2.75) is 20.8 Å². The second-order valence-electron chi connectivity index (χ2n) is 6.05. The molecule has 0 amide bonds. The molecule has 126 valence electrons. The molecule has 25 heavy (non-hydrogen) atoms. The minimum atomic E-state index is -0.292. The first-order chi connectivity index (χ1) is 12.0. The van der Waals surface area contributed by atoms with Gasteiger partial charge < -0.3 is 9.15 Å². The number of ether oxygens (including phenoxy) is 1. The normalized spacial score (nSPS) is 14.3.